The van der Waals surface area contributed by atoms with Gasteiger partial charge in [0.15, 0.2) is 0 Å². The Balaban J connectivity index is 2.47. The number of carboxylic acid groups (broad SMARTS) is 1. The number of carbonyl (C=O) groups excluding carboxylic acids is 1. The van der Waals surface area contributed by atoms with E-state index in [4.69, 9.17) is 5.11 Å². The van der Waals surface area contributed by atoms with Crippen molar-refractivity contribution in [3.8, 4) is 0 Å². The molecule has 0 fully saturated rings. The van der Waals surface area contributed by atoms with Crippen LogP contribution in [0.25, 0.3) is 0 Å². The number of aliphatic carboxylic acids is 1. The van der Waals surface area contributed by atoms with Crippen molar-refractivity contribution in [2.24, 2.45) is 11.8 Å². The van der Waals surface area contributed by atoms with Gasteiger partial charge in [-0.1, -0.05) is 13.8 Å². The summed E-state index contributed by atoms with van der Waals surface area (Å²) in [6, 6.07) is 0. The first-order valence-electron chi connectivity index (χ1n) is 5.37. The quantitative estimate of drug-likeness (QED) is 0.662. The number of aromatic amines is 1. The molecule has 1 aromatic heterocycles. The lowest BCUT2D eigenvalue weighted by Gasteiger charge is -2.14. The Hall–Kier alpha value is -1.92. The van der Waals surface area contributed by atoms with Crippen LogP contribution in [0.1, 0.15) is 30.9 Å². The minimum atomic E-state index is -0.906. The number of carbonyl (C=O) groups is 2. The molecular weight excluding hydrogens is 224 g/mol. The molecule has 1 atom stereocenters. The summed E-state index contributed by atoms with van der Waals surface area (Å²) in [5.41, 5.74) is 0. The Bertz CT molecular complexity index is 375. The summed E-state index contributed by atoms with van der Waals surface area (Å²) >= 11 is 0. The van der Waals surface area contributed by atoms with Gasteiger partial charge in [0, 0.05) is 6.54 Å². The Morgan fingerprint density at radius 1 is 1.53 bits per heavy atom. The molecule has 0 aromatic carbocycles. The summed E-state index contributed by atoms with van der Waals surface area (Å²) in [7, 11) is 0. The van der Waals surface area contributed by atoms with E-state index in [-0.39, 0.29) is 18.3 Å². The molecule has 3 N–H and O–H groups in total. The lowest BCUT2D eigenvalue weighted by Crippen LogP contribution is -2.34. The van der Waals surface area contributed by atoms with Crippen molar-refractivity contribution in [2.45, 2.75) is 20.3 Å². The molecule has 0 saturated heterocycles. The van der Waals surface area contributed by atoms with Gasteiger partial charge in [0.1, 0.15) is 6.33 Å². The maximum absolute atomic E-state index is 11.5. The van der Waals surface area contributed by atoms with E-state index in [9.17, 15) is 9.59 Å². The molecule has 0 aliphatic carbocycles. The highest BCUT2D eigenvalue weighted by atomic mass is 16.4. The summed E-state index contributed by atoms with van der Waals surface area (Å²) < 4.78 is 0. The van der Waals surface area contributed by atoms with Crippen LogP contribution in [0.5, 0.6) is 0 Å². The number of carboxylic acids is 1. The van der Waals surface area contributed by atoms with Gasteiger partial charge in [-0.3, -0.25) is 14.7 Å². The van der Waals surface area contributed by atoms with Crippen molar-refractivity contribution >= 4 is 11.9 Å². The van der Waals surface area contributed by atoms with Gasteiger partial charge >= 0.3 is 5.97 Å². The van der Waals surface area contributed by atoms with E-state index in [0.29, 0.717) is 6.42 Å². The first-order chi connectivity index (χ1) is 8.00. The van der Waals surface area contributed by atoms with Gasteiger partial charge < -0.3 is 10.4 Å². The first-order valence-corrected chi connectivity index (χ1v) is 5.37. The van der Waals surface area contributed by atoms with Crippen LogP contribution < -0.4 is 5.32 Å². The maximum Gasteiger partial charge on any atom is 0.308 e. The lowest BCUT2D eigenvalue weighted by molar-refractivity contribution is -0.142. The second-order valence-corrected chi connectivity index (χ2v) is 4.21. The normalized spacial score (nSPS) is 12.4. The van der Waals surface area contributed by atoms with E-state index in [2.05, 4.69) is 20.5 Å². The number of nitrogens with zero attached hydrogens (tertiary/aromatic N) is 2. The molecule has 1 heterocycles. The van der Waals surface area contributed by atoms with Crippen LogP contribution in [0.15, 0.2) is 6.33 Å². The van der Waals surface area contributed by atoms with E-state index in [0.717, 1.165) is 0 Å². The summed E-state index contributed by atoms with van der Waals surface area (Å²) in [6.07, 6.45) is 1.74. The fourth-order valence-electron chi connectivity index (χ4n) is 1.45. The molecule has 1 amide bonds. The number of hydrogen-bond donors (Lipinski definition) is 3. The Morgan fingerprint density at radius 2 is 2.24 bits per heavy atom. The monoisotopic (exact) mass is 240 g/mol. The molecule has 0 radical (unpaired) electrons. The van der Waals surface area contributed by atoms with Crippen LogP contribution >= 0.6 is 0 Å². The molecular formula is C10H16N4O3. The third-order valence-corrected chi connectivity index (χ3v) is 2.24. The SMILES string of the molecule is CC(C)CC(CNC(=O)c1ncn[nH]1)C(=O)O. The zero-order valence-corrected chi connectivity index (χ0v) is 9.80. The average molecular weight is 240 g/mol. The largest absolute Gasteiger partial charge is 0.481 e. The third-order valence-electron chi connectivity index (χ3n) is 2.24. The highest BCUT2D eigenvalue weighted by Crippen LogP contribution is 2.11. The van der Waals surface area contributed by atoms with Crippen LogP contribution in [0.4, 0.5) is 0 Å². The molecule has 0 aliphatic heterocycles. The molecule has 7 nitrogen and oxygen atoms in total. The predicted octanol–water partition coefficient (Wildman–Crippen LogP) is 0.281. The number of aromatic nitrogens is 3. The molecule has 0 bridgehead atoms. The van der Waals surface area contributed by atoms with E-state index in [1.54, 1.807) is 0 Å². The summed E-state index contributed by atoms with van der Waals surface area (Å²) in [5, 5.41) is 17.4. The van der Waals surface area contributed by atoms with Gasteiger partial charge in [-0.05, 0) is 12.3 Å². The van der Waals surface area contributed by atoms with E-state index in [1.165, 1.54) is 6.33 Å². The Kier molecular flexibility index (Phi) is 4.62. The molecule has 0 aliphatic rings. The van der Waals surface area contributed by atoms with Crippen LogP contribution in [0.3, 0.4) is 0 Å². The van der Waals surface area contributed by atoms with Gasteiger partial charge in [-0.15, -0.1) is 0 Å². The second kappa shape index (κ2) is 5.97. The van der Waals surface area contributed by atoms with Crippen molar-refractivity contribution in [3.05, 3.63) is 12.2 Å². The first kappa shape index (κ1) is 13.1. The van der Waals surface area contributed by atoms with Crippen molar-refractivity contribution < 1.29 is 14.7 Å². The number of hydrogen-bond acceptors (Lipinski definition) is 4. The summed E-state index contributed by atoms with van der Waals surface area (Å²) in [6.45, 7) is 3.97. The minimum Gasteiger partial charge on any atom is -0.481 e. The fraction of sp³-hybridized carbons (Fsp3) is 0.600. The number of nitrogens with one attached hydrogen (secondary N) is 2. The summed E-state index contributed by atoms with van der Waals surface area (Å²) in [5.74, 6) is -1.59. The minimum absolute atomic E-state index is 0.0821. The van der Waals surface area contributed by atoms with Crippen LogP contribution in [-0.4, -0.2) is 38.7 Å². The highest BCUT2D eigenvalue weighted by Gasteiger charge is 2.20. The molecule has 1 aromatic rings. The van der Waals surface area contributed by atoms with Gasteiger partial charge in [0.05, 0.1) is 5.92 Å². The Labute approximate surface area is 98.6 Å². The third kappa shape index (κ3) is 4.21. The molecule has 17 heavy (non-hydrogen) atoms. The topological polar surface area (TPSA) is 108 Å². The van der Waals surface area contributed by atoms with E-state index >= 15 is 0 Å². The Morgan fingerprint density at radius 3 is 2.71 bits per heavy atom. The maximum atomic E-state index is 11.5. The molecule has 0 saturated carbocycles. The van der Waals surface area contributed by atoms with Crippen molar-refractivity contribution in [1.82, 2.24) is 20.5 Å². The second-order valence-electron chi connectivity index (χ2n) is 4.21. The van der Waals surface area contributed by atoms with Crippen molar-refractivity contribution in [1.29, 1.82) is 0 Å². The van der Waals surface area contributed by atoms with Crippen LogP contribution in [0.2, 0.25) is 0 Å². The van der Waals surface area contributed by atoms with Crippen LogP contribution in [-0.2, 0) is 4.79 Å². The standard InChI is InChI=1S/C10H16N4O3/c1-6(2)3-7(10(16)17)4-11-9(15)8-12-5-13-14-8/h5-7H,3-4H2,1-2H3,(H,11,15)(H,16,17)(H,12,13,14). The summed E-state index contributed by atoms with van der Waals surface area (Å²) in [4.78, 5) is 26.1. The zero-order valence-electron chi connectivity index (χ0n) is 9.80. The van der Waals surface area contributed by atoms with Gasteiger partial charge in [0.25, 0.3) is 5.91 Å². The molecule has 0 spiro atoms. The lowest BCUT2D eigenvalue weighted by atomic mass is 9.97. The van der Waals surface area contributed by atoms with E-state index in [1.807, 2.05) is 13.8 Å². The molecule has 1 unspecified atom stereocenters. The molecule has 7 heteroatoms. The number of rotatable bonds is 6. The average Bonchev–Trinajstić information content (AvgIpc) is 2.76. The van der Waals surface area contributed by atoms with Crippen molar-refractivity contribution in [2.75, 3.05) is 6.54 Å². The smallest absolute Gasteiger partial charge is 0.308 e. The number of amides is 1. The molecule has 1 rings (SSSR count). The van der Waals surface area contributed by atoms with Gasteiger partial charge in [-0.2, -0.15) is 5.10 Å². The van der Waals surface area contributed by atoms with E-state index < -0.39 is 17.8 Å². The zero-order chi connectivity index (χ0) is 12.8. The van der Waals surface area contributed by atoms with Crippen molar-refractivity contribution in [3.63, 3.8) is 0 Å². The predicted molar refractivity (Wildman–Crippen MR) is 59.3 cm³/mol. The van der Waals surface area contributed by atoms with Gasteiger partial charge in [0.2, 0.25) is 5.82 Å². The number of H-pyrrole nitrogens is 1. The molecule has 94 valence electrons. The highest BCUT2D eigenvalue weighted by molar-refractivity contribution is 5.90. The van der Waals surface area contributed by atoms with Gasteiger partial charge in [-0.25, -0.2) is 4.98 Å². The van der Waals surface area contributed by atoms with Crippen LogP contribution in [0, 0.1) is 11.8 Å². The fourth-order valence-corrected chi connectivity index (χ4v) is 1.45.